The summed E-state index contributed by atoms with van der Waals surface area (Å²) >= 11 is 1.69. The van der Waals surface area contributed by atoms with E-state index < -0.39 is 0 Å². The maximum Gasteiger partial charge on any atom is 0.223 e. The van der Waals surface area contributed by atoms with Gasteiger partial charge in [0.15, 0.2) is 0 Å². The van der Waals surface area contributed by atoms with Gasteiger partial charge in [0.25, 0.3) is 0 Å². The Balaban J connectivity index is 1.95. The van der Waals surface area contributed by atoms with Crippen molar-refractivity contribution in [3.05, 3.63) is 16.1 Å². The Morgan fingerprint density at radius 2 is 2.30 bits per heavy atom. The number of aromatic nitrogens is 1. The van der Waals surface area contributed by atoms with Crippen molar-refractivity contribution in [3.63, 3.8) is 0 Å². The van der Waals surface area contributed by atoms with Crippen LogP contribution in [0.4, 0.5) is 0 Å². The standard InChI is InChI=1S/C15H25N3OS/c1-3-12-9-17-15(20-12)10(2)18-14(19)13-7-5-4-6-11(13)8-16/h9-11,13H,3-8,16H2,1-2H3,(H,18,19). The van der Waals surface area contributed by atoms with Gasteiger partial charge in [-0.05, 0) is 38.6 Å². The lowest BCUT2D eigenvalue weighted by Crippen LogP contribution is -2.40. The van der Waals surface area contributed by atoms with Crippen molar-refractivity contribution in [2.75, 3.05) is 6.54 Å². The summed E-state index contributed by atoms with van der Waals surface area (Å²) in [6.45, 7) is 4.74. The average Bonchev–Trinajstić information content (AvgIpc) is 2.96. The molecule has 3 unspecified atom stereocenters. The second-order valence-corrected chi connectivity index (χ2v) is 6.78. The zero-order valence-corrected chi connectivity index (χ0v) is 13.2. The van der Waals surface area contributed by atoms with E-state index in [-0.39, 0.29) is 17.9 Å². The number of aryl methyl sites for hydroxylation is 1. The molecule has 1 aliphatic rings. The first-order valence-electron chi connectivity index (χ1n) is 7.60. The molecule has 1 aromatic rings. The molecule has 1 aromatic heterocycles. The van der Waals surface area contributed by atoms with Gasteiger partial charge in [0.2, 0.25) is 5.91 Å². The van der Waals surface area contributed by atoms with E-state index in [2.05, 4.69) is 17.2 Å². The predicted octanol–water partition coefficient (Wildman–Crippen LogP) is 2.65. The highest BCUT2D eigenvalue weighted by Gasteiger charge is 2.30. The molecular formula is C15H25N3OS. The van der Waals surface area contributed by atoms with Crippen LogP contribution in [0, 0.1) is 11.8 Å². The van der Waals surface area contributed by atoms with Gasteiger partial charge in [-0.25, -0.2) is 4.98 Å². The molecule has 1 fully saturated rings. The van der Waals surface area contributed by atoms with E-state index >= 15 is 0 Å². The number of nitrogens with zero attached hydrogens (tertiary/aromatic N) is 1. The van der Waals surface area contributed by atoms with Crippen molar-refractivity contribution >= 4 is 17.2 Å². The van der Waals surface area contributed by atoms with E-state index in [9.17, 15) is 4.79 Å². The minimum absolute atomic E-state index is 0.00634. The van der Waals surface area contributed by atoms with Gasteiger partial charge in [-0.15, -0.1) is 11.3 Å². The van der Waals surface area contributed by atoms with Gasteiger partial charge in [-0.2, -0.15) is 0 Å². The van der Waals surface area contributed by atoms with Crippen LogP contribution in [0.1, 0.15) is 55.5 Å². The number of thiazole rings is 1. The fourth-order valence-corrected chi connectivity index (χ4v) is 3.76. The normalized spacial score (nSPS) is 24.4. The number of hydrogen-bond acceptors (Lipinski definition) is 4. The van der Waals surface area contributed by atoms with Gasteiger partial charge in [0, 0.05) is 17.0 Å². The molecule has 112 valence electrons. The summed E-state index contributed by atoms with van der Waals surface area (Å²) in [5.41, 5.74) is 5.80. The van der Waals surface area contributed by atoms with Crippen LogP contribution in [0.2, 0.25) is 0 Å². The summed E-state index contributed by atoms with van der Waals surface area (Å²) in [5, 5.41) is 4.12. The number of carbonyl (C=O) groups excluding carboxylic acids is 1. The maximum atomic E-state index is 12.4. The zero-order valence-electron chi connectivity index (χ0n) is 12.4. The molecule has 1 saturated carbocycles. The first-order chi connectivity index (χ1) is 9.65. The first kappa shape index (κ1) is 15.4. The number of rotatable bonds is 5. The fraction of sp³-hybridized carbons (Fsp3) is 0.733. The number of carbonyl (C=O) groups is 1. The minimum atomic E-state index is -0.00634. The SMILES string of the molecule is CCc1cnc(C(C)NC(=O)C2CCCCC2CN)s1. The molecule has 1 heterocycles. The van der Waals surface area contributed by atoms with Gasteiger partial charge in [-0.3, -0.25) is 4.79 Å². The van der Waals surface area contributed by atoms with Crippen LogP contribution >= 0.6 is 11.3 Å². The molecule has 3 N–H and O–H groups in total. The molecule has 0 radical (unpaired) electrons. The van der Waals surface area contributed by atoms with Crippen LogP contribution in [0.25, 0.3) is 0 Å². The second-order valence-electron chi connectivity index (χ2n) is 5.64. The average molecular weight is 295 g/mol. The smallest absolute Gasteiger partial charge is 0.223 e. The van der Waals surface area contributed by atoms with E-state index in [0.717, 1.165) is 30.7 Å². The van der Waals surface area contributed by atoms with Crippen molar-refractivity contribution in [3.8, 4) is 0 Å². The Morgan fingerprint density at radius 1 is 1.55 bits per heavy atom. The molecule has 1 amide bonds. The third-order valence-corrected chi connectivity index (χ3v) is 5.52. The molecular weight excluding hydrogens is 270 g/mol. The second kappa shape index (κ2) is 7.18. The van der Waals surface area contributed by atoms with E-state index in [1.54, 1.807) is 11.3 Å². The summed E-state index contributed by atoms with van der Waals surface area (Å²) in [6.07, 6.45) is 7.30. The van der Waals surface area contributed by atoms with Gasteiger partial charge in [0.05, 0.1) is 6.04 Å². The fourth-order valence-electron chi connectivity index (χ4n) is 2.90. The summed E-state index contributed by atoms with van der Waals surface area (Å²) in [4.78, 5) is 18.1. The summed E-state index contributed by atoms with van der Waals surface area (Å²) in [6, 6.07) is -0.00634. The molecule has 1 aliphatic carbocycles. The number of nitrogens with two attached hydrogens (primary N) is 1. The van der Waals surface area contributed by atoms with E-state index in [1.807, 2.05) is 13.1 Å². The molecule has 4 nitrogen and oxygen atoms in total. The minimum Gasteiger partial charge on any atom is -0.347 e. The van der Waals surface area contributed by atoms with Crippen molar-refractivity contribution in [1.29, 1.82) is 0 Å². The molecule has 0 bridgehead atoms. The molecule has 20 heavy (non-hydrogen) atoms. The zero-order chi connectivity index (χ0) is 14.5. The molecule has 0 spiro atoms. The molecule has 5 heteroatoms. The van der Waals surface area contributed by atoms with Gasteiger partial charge >= 0.3 is 0 Å². The maximum absolute atomic E-state index is 12.4. The predicted molar refractivity (Wildman–Crippen MR) is 82.6 cm³/mol. The highest BCUT2D eigenvalue weighted by molar-refractivity contribution is 7.11. The number of amides is 1. The number of hydrogen-bond donors (Lipinski definition) is 2. The summed E-state index contributed by atoms with van der Waals surface area (Å²) in [7, 11) is 0. The lowest BCUT2D eigenvalue weighted by atomic mass is 9.78. The number of nitrogens with one attached hydrogen (secondary N) is 1. The lowest BCUT2D eigenvalue weighted by molar-refractivity contribution is -0.128. The van der Waals surface area contributed by atoms with Gasteiger partial charge in [-0.1, -0.05) is 19.8 Å². The Bertz CT molecular complexity index is 446. The largest absolute Gasteiger partial charge is 0.347 e. The van der Waals surface area contributed by atoms with Crippen LogP contribution in [0.3, 0.4) is 0 Å². The van der Waals surface area contributed by atoms with Crippen molar-refractivity contribution in [2.24, 2.45) is 17.6 Å². The molecule has 2 rings (SSSR count). The van der Waals surface area contributed by atoms with Crippen LogP contribution in [-0.4, -0.2) is 17.4 Å². The summed E-state index contributed by atoms with van der Waals surface area (Å²) in [5.74, 6) is 0.584. The third kappa shape index (κ3) is 3.58. The van der Waals surface area contributed by atoms with Gasteiger partial charge < -0.3 is 11.1 Å². The quantitative estimate of drug-likeness (QED) is 0.877. The monoisotopic (exact) mass is 295 g/mol. The Hall–Kier alpha value is -0.940. The van der Waals surface area contributed by atoms with E-state index in [0.29, 0.717) is 12.5 Å². The van der Waals surface area contributed by atoms with Crippen molar-refractivity contribution < 1.29 is 4.79 Å². The topological polar surface area (TPSA) is 68.0 Å². The van der Waals surface area contributed by atoms with Crippen molar-refractivity contribution in [1.82, 2.24) is 10.3 Å². The van der Waals surface area contributed by atoms with Gasteiger partial charge in [0.1, 0.15) is 5.01 Å². The molecule has 0 aliphatic heterocycles. The molecule has 3 atom stereocenters. The van der Waals surface area contributed by atoms with Crippen LogP contribution < -0.4 is 11.1 Å². The van der Waals surface area contributed by atoms with E-state index in [1.165, 1.54) is 11.3 Å². The van der Waals surface area contributed by atoms with E-state index in [4.69, 9.17) is 5.73 Å². The van der Waals surface area contributed by atoms with Crippen LogP contribution in [0.15, 0.2) is 6.20 Å². The highest BCUT2D eigenvalue weighted by atomic mass is 32.1. The Kier molecular flexibility index (Phi) is 5.54. The van der Waals surface area contributed by atoms with Crippen LogP contribution in [0.5, 0.6) is 0 Å². The lowest BCUT2D eigenvalue weighted by Gasteiger charge is -2.30. The summed E-state index contributed by atoms with van der Waals surface area (Å²) < 4.78 is 0. The Labute approximate surface area is 125 Å². The molecule has 0 aromatic carbocycles. The molecule has 0 saturated heterocycles. The first-order valence-corrected chi connectivity index (χ1v) is 8.42. The highest BCUT2D eigenvalue weighted by Crippen LogP contribution is 2.30. The third-order valence-electron chi connectivity index (χ3n) is 4.20. The van der Waals surface area contributed by atoms with Crippen molar-refractivity contribution in [2.45, 2.75) is 52.0 Å². The Morgan fingerprint density at radius 3 is 2.95 bits per heavy atom. The van der Waals surface area contributed by atoms with Crippen LogP contribution in [-0.2, 0) is 11.2 Å².